The van der Waals surface area contributed by atoms with E-state index in [1.807, 2.05) is 0 Å². The average molecular weight is 234 g/mol. The van der Waals surface area contributed by atoms with Crippen molar-refractivity contribution >= 4 is 23.2 Å². The third-order valence-corrected chi connectivity index (χ3v) is 3.39. The first-order chi connectivity index (χ1) is 7.68. The second-order valence-corrected chi connectivity index (χ2v) is 4.36. The molecule has 4 heteroatoms. The molecule has 0 saturated carbocycles. The van der Waals surface area contributed by atoms with Gasteiger partial charge in [-0.3, -0.25) is 9.59 Å². The largest absolute Gasteiger partial charge is 0.289 e. The van der Waals surface area contributed by atoms with Crippen LogP contribution in [-0.2, 0) is 12.8 Å². The van der Waals surface area contributed by atoms with Crippen LogP contribution < -0.4 is 0 Å². The fourth-order valence-corrected chi connectivity index (χ4v) is 2.66. The number of aromatic nitrogens is 1. The van der Waals surface area contributed by atoms with Crippen LogP contribution in [0.3, 0.4) is 0 Å². The highest BCUT2D eigenvalue weighted by Crippen LogP contribution is 2.33. The van der Waals surface area contributed by atoms with E-state index >= 15 is 0 Å². The number of fused-ring (bicyclic) bond motifs is 3. The second kappa shape index (κ2) is 3.25. The fourth-order valence-electron chi connectivity index (χ4n) is 2.37. The summed E-state index contributed by atoms with van der Waals surface area (Å²) in [6.07, 6.45) is 5.21. The Labute approximate surface area is 97.1 Å². The maximum Gasteiger partial charge on any atom is 0.205 e. The van der Waals surface area contributed by atoms with Crippen LogP contribution in [-0.4, -0.2) is 16.6 Å². The molecule has 1 aromatic rings. The van der Waals surface area contributed by atoms with Gasteiger partial charge in [0.1, 0.15) is 10.8 Å². The van der Waals surface area contributed by atoms with Crippen molar-refractivity contribution in [2.24, 2.45) is 0 Å². The van der Waals surface area contributed by atoms with E-state index in [-0.39, 0.29) is 17.3 Å². The monoisotopic (exact) mass is 233 g/mol. The third kappa shape index (κ3) is 1.18. The van der Waals surface area contributed by atoms with Crippen molar-refractivity contribution in [3.63, 3.8) is 0 Å². The first kappa shape index (κ1) is 9.73. The number of carbonyl (C=O) groups excluding carboxylic acids is 2. The summed E-state index contributed by atoms with van der Waals surface area (Å²) in [4.78, 5) is 27.5. The lowest BCUT2D eigenvalue weighted by atomic mass is 9.93. The van der Waals surface area contributed by atoms with Gasteiger partial charge in [0.15, 0.2) is 5.78 Å². The lowest BCUT2D eigenvalue weighted by molar-refractivity contribution is 0.0989. The molecular formula is C12H8ClNO2. The van der Waals surface area contributed by atoms with Crippen LogP contribution in [0.2, 0.25) is 5.15 Å². The van der Waals surface area contributed by atoms with Crippen molar-refractivity contribution in [1.29, 1.82) is 0 Å². The van der Waals surface area contributed by atoms with Gasteiger partial charge in [0, 0.05) is 0 Å². The SMILES string of the molecule is O=C1C=CC(=O)c2c1nc(Cl)c1c2CCC1. The zero-order valence-corrected chi connectivity index (χ0v) is 9.17. The summed E-state index contributed by atoms with van der Waals surface area (Å²) in [5.41, 5.74) is 2.57. The van der Waals surface area contributed by atoms with E-state index in [1.165, 1.54) is 12.2 Å². The molecular weight excluding hydrogens is 226 g/mol. The Balaban J connectivity index is 2.37. The van der Waals surface area contributed by atoms with Gasteiger partial charge in [-0.15, -0.1) is 0 Å². The summed E-state index contributed by atoms with van der Waals surface area (Å²) in [6.45, 7) is 0. The quantitative estimate of drug-likeness (QED) is 0.645. The van der Waals surface area contributed by atoms with E-state index in [0.717, 1.165) is 30.4 Å². The molecule has 3 rings (SSSR count). The smallest absolute Gasteiger partial charge is 0.205 e. The van der Waals surface area contributed by atoms with E-state index in [4.69, 9.17) is 11.6 Å². The molecule has 0 spiro atoms. The number of pyridine rings is 1. The van der Waals surface area contributed by atoms with Gasteiger partial charge in [0.25, 0.3) is 0 Å². The second-order valence-electron chi connectivity index (χ2n) is 4.00. The Morgan fingerprint density at radius 2 is 1.75 bits per heavy atom. The van der Waals surface area contributed by atoms with Crippen LogP contribution >= 0.6 is 11.6 Å². The summed E-state index contributed by atoms with van der Waals surface area (Å²) in [5, 5.41) is 0.378. The van der Waals surface area contributed by atoms with E-state index < -0.39 is 0 Å². The standard InChI is InChI=1S/C12H8ClNO2/c13-12-7-3-1-2-6(7)10-8(15)4-5-9(16)11(10)14-12/h4-5H,1-3H2. The number of ketones is 2. The van der Waals surface area contributed by atoms with Crippen molar-refractivity contribution in [1.82, 2.24) is 4.98 Å². The molecule has 0 aliphatic heterocycles. The molecule has 0 bridgehead atoms. The van der Waals surface area contributed by atoms with Crippen molar-refractivity contribution in [3.05, 3.63) is 39.7 Å². The molecule has 0 amide bonds. The molecule has 0 atom stereocenters. The highest BCUT2D eigenvalue weighted by Gasteiger charge is 2.29. The van der Waals surface area contributed by atoms with Gasteiger partial charge in [-0.2, -0.15) is 0 Å². The Bertz CT molecular complexity index is 561. The molecule has 0 unspecified atom stereocenters. The molecule has 0 radical (unpaired) electrons. The van der Waals surface area contributed by atoms with Crippen molar-refractivity contribution in [2.45, 2.75) is 19.3 Å². The summed E-state index contributed by atoms with van der Waals surface area (Å²) >= 11 is 6.02. The summed E-state index contributed by atoms with van der Waals surface area (Å²) in [6, 6.07) is 0. The highest BCUT2D eigenvalue weighted by molar-refractivity contribution is 6.31. The predicted molar refractivity (Wildman–Crippen MR) is 59.1 cm³/mol. The molecule has 0 saturated heterocycles. The number of carbonyl (C=O) groups is 2. The Kier molecular flexibility index (Phi) is 1.98. The van der Waals surface area contributed by atoms with Crippen LogP contribution in [0, 0.1) is 0 Å². The number of rotatable bonds is 0. The molecule has 0 N–H and O–H groups in total. The predicted octanol–water partition coefficient (Wildman–Crippen LogP) is 2.16. The van der Waals surface area contributed by atoms with E-state index in [2.05, 4.69) is 4.98 Å². The van der Waals surface area contributed by atoms with Crippen LogP contribution in [0.1, 0.15) is 38.4 Å². The molecule has 3 nitrogen and oxygen atoms in total. The van der Waals surface area contributed by atoms with Crippen molar-refractivity contribution < 1.29 is 9.59 Å². The van der Waals surface area contributed by atoms with Gasteiger partial charge >= 0.3 is 0 Å². The van der Waals surface area contributed by atoms with Gasteiger partial charge in [-0.1, -0.05) is 11.6 Å². The lowest BCUT2D eigenvalue weighted by Gasteiger charge is -2.13. The highest BCUT2D eigenvalue weighted by atomic mass is 35.5. The molecule has 80 valence electrons. The zero-order chi connectivity index (χ0) is 11.3. The Hall–Kier alpha value is -1.48. The number of allylic oxidation sites excluding steroid dienone is 2. The van der Waals surface area contributed by atoms with Crippen LogP contribution in [0.4, 0.5) is 0 Å². The topological polar surface area (TPSA) is 47.0 Å². The van der Waals surface area contributed by atoms with Crippen molar-refractivity contribution in [3.8, 4) is 0 Å². The number of hydrogen-bond donors (Lipinski definition) is 0. The van der Waals surface area contributed by atoms with E-state index in [9.17, 15) is 9.59 Å². The molecule has 1 aromatic heterocycles. The lowest BCUT2D eigenvalue weighted by Crippen LogP contribution is -2.17. The number of hydrogen-bond acceptors (Lipinski definition) is 3. The number of nitrogens with zero attached hydrogens (tertiary/aromatic N) is 1. The van der Waals surface area contributed by atoms with Gasteiger partial charge in [0.05, 0.1) is 5.56 Å². The maximum absolute atomic E-state index is 11.8. The molecule has 16 heavy (non-hydrogen) atoms. The van der Waals surface area contributed by atoms with Gasteiger partial charge < -0.3 is 0 Å². The van der Waals surface area contributed by atoms with E-state index in [0.29, 0.717) is 10.7 Å². The first-order valence-corrected chi connectivity index (χ1v) is 5.54. The average Bonchev–Trinajstić information content (AvgIpc) is 2.73. The van der Waals surface area contributed by atoms with Crippen LogP contribution in [0.5, 0.6) is 0 Å². The molecule has 2 aliphatic carbocycles. The number of halogens is 1. The zero-order valence-electron chi connectivity index (χ0n) is 8.42. The minimum absolute atomic E-state index is 0.128. The van der Waals surface area contributed by atoms with Gasteiger partial charge in [0.2, 0.25) is 5.78 Å². The minimum atomic E-state index is -0.230. The van der Waals surface area contributed by atoms with E-state index in [1.54, 1.807) is 0 Å². The van der Waals surface area contributed by atoms with Crippen molar-refractivity contribution in [2.75, 3.05) is 0 Å². The van der Waals surface area contributed by atoms with Gasteiger partial charge in [-0.05, 0) is 42.5 Å². The normalized spacial score (nSPS) is 17.6. The Morgan fingerprint density at radius 3 is 2.56 bits per heavy atom. The summed E-state index contributed by atoms with van der Waals surface area (Å²) < 4.78 is 0. The maximum atomic E-state index is 11.8. The molecule has 2 aliphatic rings. The van der Waals surface area contributed by atoms with Crippen LogP contribution in [0.15, 0.2) is 12.2 Å². The third-order valence-electron chi connectivity index (χ3n) is 3.08. The minimum Gasteiger partial charge on any atom is -0.289 e. The van der Waals surface area contributed by atoms with Crippen LogP contribution in [0.25, 0.3) is 0 Å². The first-order valence-electron chi connectivity index (χ1n) is 5.16. The summed E-state index contributed by atoms with van der Waals surface area (Å²) in [5.74, 6) is -0.358. The fraction of sp³-hybridized carbons (Fsp3) is 0.250. The molecule has 0 aromatic carbocycles. The molecule has 1 heterocycles. The molecule has 0 fully saturated rings. The Morgan fingerprint density at radius 1 is 1.06 bits per heavy atom. The van der Waals surface area contributed by atoms with Gasteiger partial charge in [-0.25, -0.2) is 4.98 Å². The summed E-state index contributed by atoms with van der Waals surface area (Å²) in [7, 11) is 0.